The molecule has 2 aromatic carbocycles. The number of hydrogen-bond donors (Lipinski definition) is 0. The fraction of sp³-hybridized carbons (Fsp3) is 0.304. The molecule has 0 bridgehead atoms. The molecule has 28 heavy (non-hydrogen) atoms. The van der Waals surface area contributed by atoms with Gasteiger partial charge in [-0.05, 0) is 42.3 Å². The number of benzene rings is 2. The Morgan fingerprint density at radius 2 is 1.82 bits per heavy atom. The molecule has 144 valence electrons. The summed E-state index contributed by atoms with van der Waals surface area (Å²) in [5.41, 5.74) is 6.43. The summed E-state index contributed by atoms with van der Waals surface area (Å²) in [5.74, 6) is 2.70. The third-order valence-electron chi connectivity index (χ3n) is 4.61. The molecule has 0 spiro atoms. The molecule has 0 saturated heterocycles. The summed E-state index contributed by atoms with van der Waals surface area (Å²) in [4.78, 5) is 26.9. The maximum atomic E-state index is 14.0. The minimum atomic E-state index is -1.55. The van der Waals surface area contributed by atoms with E-state index < -0.39 is 8.07 Å². The Kier molecular flexibility index (Phi) is 5.53. The van der Waals surface area contributed by atoms with Crippen molar-refractivity contribution in [3.8, 4) is 11.5 Å². The summed E-state index contributed by atoms with van der Waals surface area (Å²) >= 11 is 0. The third-order valence-corrected chi connectivity index (χ3v) is 5.49. The smallest absolute Gasteiger partial charge is 0.227 e. The van der Waals surface area contributed by atoms with Gasteiger partial charge in [0.05, 0.1) is 12.2 Å². The highest BCUT2D eigenvalue weighted by Crippen LogP contribution is 2.30. The van der Waals surface area contributed by atoms with Gasteiger partial charge in [-0.3, -0.25) is 9.59 Å². The Labute approximate surface area is 166 Å². The number of amides is 1. The van der Waals surface area contributed by atoms with E-state index in [1.807, 2.05) is 18.2 Å². The lowest BCUT2D eigenvalue weighted by Crippen LogP contribution is -2.29. The van der Waals surface area contributed by atoms with E-state index >= 15 is 0 Å². The molecular formula is C23H24FNO2Si. The van der Waals surface area contributed by atoms with Crippen LogP contribution in [0.15, 0.2) is 36.4 Å². The van der Waals surface area contributed by atoms with Crippen LogP contribution in [0.25, 0.3) is 0 Å². The number of Topliss-reactive ketones (excluding diaryl/α,β-unsaturated/α-hetero) is 1. The summed E-state index contributed by atoms with van der Waals surface area (Å²) < 4.78 is 14.0. The van der Waals surface area contributed by atoms with Crippen molar-refractivity contribution >= 4 is 25.5 Å². The molecule has 3 rings (SSSR count). The molecule has 0 fully saturated rings. The van der Waals surface area contributed by atoms with Crippen molar-refractivity contribution in [2.45, 2.75) is 46.0 Å². The molecule has 0 atom stereocenters. The van der Waals surface area contributed by atoms with Gasteiger partial charge in [0.25, 0.3) is 0 Å². The fourth-order valence-corrected chi connectivity index (χ4v) is 3.56. The van der Waals surface area contributed by atoms with Crippen LogP contribution >= 0.6 is 0 Å². The number of carbonyl (C=O) groups excluding carboxylic acids is 2. The van der Waals surface area contributed by atoms with Crippen molar-refractivity contribution < 1.29 is 14.0 Å². The van der Waals surface area contributed by atoms with Crippen LogP contribution in [-0.2, 0) is 11.3 Å². The summed E-state index contributed by atoms with van der Waals surface area (Å²) in [6.45, 7) is 8.41. The first kappa shape index (κ1) is 20.0. The zero-order chi connectivity index (χ0) is 20.5. The second kappa shape index (κ2) is 7.73. The van der Waals surface area contributed by atoms with Crippen LogP contribution in [0.2, 0.25) is 19.6 Å². The number of anilines is 1. The highest BCUT2D eigenvalue weighted by molar-refractivity contribution is 6.83. The van der Waals surface area contributed by atoms with Gasteiger partial charge in [-0.15, -0.1) is 5.54 Å². The number of halogens is 1. The zero-order valence-electron chi connectivity index (χ0n) is 16.7. The molecule has 5 heteroatoms. The average Bonchev–Trinajstić information content (AvgIpc) is 2.74. The van der Waals surface area contributed by atoms with Gasteiger partial charge in [0.1, 0.15) is 13.9 Å². The monoisotopic (exact) mass is 393 g/mol. The highest BCUT2D eigenvalue weighted by Gasteiger charge is 2.27. The van der Waals surface area contributed by atoms with E-state index in [1.54, 1.807) is 24.0 Å². The van der Waals surface area contributed by atoms with Gasteiger partial charge < -0.3 is 4.90 Å². The zero-order valence-corrected chi connectivity index (χ0v) is 17.7. The Morgan fingerprint density at radius 3 is 2.50 bits per heavy atom. The minimum absolute atomic E-state index is 0.0503. The van der Waals surface area contributed by atoms with E-state index in [2.05, 4.69) is 31.1 Å². The second-order valence-electron chi connectivity index (χ2n) is 8.22. The van der Waals surface area contributed by atoms with Crippen LogP contribution in [0, 0.1) is 24.2 Å². The van der Waals surface area contributed by atoms with Crippen molar-refractivity contribution in [1.29, 1.82) is 0 Å². The average molecular weight is 394 g/mol. The summed E-state index contributed by atoms with van der Waals surface area (Å²) in [7, 11) is -1.55. The molecule has 1 amide bonds. The van der Waals surface area contributed by atoms with Gasteiger partial charge >= 0.3 is 0 Å². The van der Waals surface area contributed by atoms with Gasteiger partial charge in [0.2, 0.25) is 5.91 Å². The number of nitrogens with zero attached hydrogens (tertiary/aromatic N) is 1. The van der Waals surface area contributed by atoms with Crippen LogP contribution in [0.5, 0.6) is 0 Å². The number of carbonyl (C=O) groups is 2. The maximum Gasteiger partial charge on any atom is 0.227 e. The number of fused-ring (bicyclic) bond motifs is 1. The number of ketones is 1. The Bertz CT molecular complexity index is 1010. The molecule has 1 aliphatic heterocycles. The lowest BCUT2D eigenvalue weighted by molar-refractivity contribution is -0.118. The first-order valence-corrected chi connectivity index (χ1v) is 12.9. The second-order valence-corrected chi connectivity index (χ2v) is 13.0. The third kappa shape index (κ3) is 4.57. The Morgan fingerprint density at radius 1 is 1.07 bits per heavy atom. The first-order valence-electron chi connectivity index (χ1n) is 9.40. The van der Waals surface area contributed by atoms with Crippen LogP contribution in [0.1, 0.15) is 39.9 Å². The van der Waals surface area contributed by atoms with Crippen LogP contribution in [0.4, 0.5) is 10.1 Å². The van der Waals surface area contributed by atoms with Gasteiger partial charge in [-0.1, -0.05) is 37.7 Å². The van der Waals surface area contributed by atoms with Crippen molar-refractivity contribution in [2.24, 2.45) is 0 Å². The van der Waals surface area contributed by atoms with E-state index in [1.165, 1.54) is 6.07 Å². The molecule has 1 heterocycles. The largest absolute Gasteiger partial charge is 0.307 e. The molecule has 0 N–H and O–H groups in total. The molecular weight excluding hydrogens is 369 g/mol. The predicted octanol–water partition coefficient (Wildman–Crippen LogP) is 4.87. The quantitative estimate of drug-likeness (QED) is 0.539. The van der Waals surface area contributed by atoms with E-state index in [4.69, 9.17) is 0 Å². The Balaban J connectivity index is 2.05. The molecule has 0 unspecified atom stereocenters. The number of hydrogen-bond acceptors (Lipinski definition) is 2. The fourth-order valence-electron chi connectivity index (χ4n) is 3.04. The van der Waals surface area contributed by atoms with Crippen molar-refractivity contribution in [3.05, 3.63) is 64.5 Å². The standard InChI is InChI=1S/C23H24FNO2Si/c1-16-5-6-18(13-20(16)24)15-25-21-14-17(11-12-28(2,3)4)7-8-19(21)22(26)9-10-23(25)27/h5-8,13-14H,9-10,15H2,1-4H3. The van der Waals surface area contributed by atoms with Gasteiger partial charge in [0.15, 0.2) is 5.78 Å². The van der Waals surface area contributed by atoms with Crippen molar-refractivity contribution in [1.82, 2.24) is 0 Å². The molecule has 2 aromatic rings. The van der Waals surface area contributed by atoms with E-state index in [0.29, 0.717) is 22.4 Å². The summed E-state index contributed by atoms with van der Waals surface area (Å²) in [5, 5.41) is 0. The minimum Gasteiger partial charge on any atom is -0.307 e. The normalized spacial score (nSPS) is 14.2. The highest BCUT2D eigenvalue weighted by atomic mass is 28.3. The SMILES string of the molecule is Cc1ccc(CN2C(=O)CCC(=O)c3ccc(C#C[Si](C)(C)C)cc32)cc1F. The lowest BCUT2D eigenvalue weighted by atomic mass is 10.0. The molecule has 1 aliphatic rings. The van der Waals surface area contributed by atoms with Crippen LogP contribution in [0.3, 0.4) is 0 Å². The summed E-state index contributed by atoms with van der Waals surface area (Å²) in [6, 6.07) is 10.4. The lowest BCUT2D eigenvalue weighted by Gasteiger charge is -2.23. The summed E-state index contributed by atoms with van der Waals surface area (Å²) in [6.07, 6.45) is 0.336. The van der Waals surface area contributed by atoms with Crippen molar-refractivity contribution in [2.75, 3.05) is 4.90 Å². The molecule has 0 saturated carbocycles. The number of aryl methyl sites for hydroxylation is 1. The van der Waals surface area contributed by atoms with Gasteiger partial charge in [-0.25, -0.2) is 4.39 Å². The molecule has 0 radical (unpaired) electrons. The predicted molar refractivity (Wildman–Crippen MR) is 113 cm³/mol. The van der Waals surface area contributed by atoms with E-state index in [-0.39, 0.29) is 36.9 Å². The van der Waals surface area contributed by atoms with Crippen molar-refractivity contribution in [3.63, 3.8) is 0 Å². The topological polar surface area (TPSA) is 37.4 Å². The van der Waals surface area contributed by atoms with Crippen LogP contribution < -0.4 is 4.90 Å². The Hall–Kier alpha value is -2.71. The molecule has 0 aromatic heterocycles. The molecule has 3 nitrogen and oxygen atoms in total. The van der Waals surface area contributed by atoms with E-state index in [9.17, 15) is 14.0 Å². The van der Waals surface area contributed by atoms with Crippen LogP contribution in [-0.4, -0.2) is 19.8 Å². The maximum absolute atomic E-state index is 14.0. The van der Waals surface area contributed by atoms with Gasteiger partial charge in [-0.2, -0.15) is 0 Å². The van der Waals surface area contributed by atoms with E-state index in [0.717, 1.165) is 5.56 Å². The molecule has 0 aliphatic carbocycles. The first-order chi connectivity index (χ1) is 13.1. The number of rotatable bonds is 2. The van der Waals surface area contributed by atoms with Gasteiger partial charge in [0, 0.05) is 24.0 Å².